The van der Waals surface area contributed by atoms with Gasteiger partial charge in [0.1, 0.15) is 10.0 Å². The molecule has 0 atom stereocenters. The largest absolute Gasteiger partial charge is 0.378 e. The van der Waals surface area contributed by atoms with Gasteiger partial charge >= 0.3 is 0 Å². The lowest BCUT2D eigenvalue weighted by atomic mass is 10.2. The van der Waals surface area contributed by atoms with Crippen LogP contribution in [0.1, 0.15) is 4.88 Å². The van der Waals surface area contributed by atoms with E-state index in [0.717, 1.165) is 25.1 Å². The van der Waals surface area contributed by atoms with Crippen molar-refractivity contribution in [3.63, 3.8) is 0 Å². The standard InChI is InChI=1S/C14H10BrCl2N3S/c15-10-7-9(21-14(10)17)8-18-12-4-1-3-11(16)13(12)20-6-2-5-19-20/h1-7,18H,8H2. The van der Waals surface area contributed by atoms with E-state index in [-0.39, 0.29) is 0 Å². The van der Waals surface area contributed by atoms with Crippen molar-refractivity contribution < 1.29 is 0 Å². The van der Waals surface area contributed by atoms with Gasteiger partial charge in [0.05, 0.1) is 10.7 Å². The Hall–Kier alpha value is -1.01. The van der Waals surface area contributed by atoms with E-state index in [2.05, 4.69) is 26.3 Å². The van der Waals surface area contributed by atoms with Crippen LogP contribution in [-0.2, 0) is 6.54 Å². The van der Waals surface area contributed by atoms with Gasteiger partial charge in [0.15, 0.2) is 0 Å². The third-order valence-corrected chi connectivity index (χ3v) is 5.65. The fraction of sp³-hybridized carbons (Fsp3) is 0.0714. The summed E-state index contributed by atoms with van der Waals surface area (Å²) in [5.74, 6) is 0. The molecule has 108 valence electrons. The SMILES string of the molecule is Clc1cccc(NCc2cc(Br)c(Cl)s2)c1-n1cccn1. The van der Waals surface area contributed by atoms with Gasteiger partial charge in [-0.25, -0.2) is 4.68 Å². The summed E-state index contributed by atoms with van der Waals surface area (Å²) in [6.07, 6.45) is 3.59. The number of anilines is 1. The summed E-state index contributed by atoms with van der Waals surface area (Å²) < 4.78 is 3.43. The Bertz CT molecular complexity index is 736. The Morgan fingerprint density at radius 1 is 1.29 bits per heavy atom. The molecule has 1 N–H and O–H groups in total. The van der Waals surface area contributed by atoms with Crippen LogP contribution >= 0.6 is 50.5 Å². The zero-order valence-electron chi connectivity index (χ0n) is 10.7. The molecule has 0 bridgehead atoms. The lowest BCUT2D eigenvalue weighted by molar-refractivity contribution is 0.880. The normalized spacial score (nSPS) is 10.8. The van der Waals surface area contributed by atoms with Crippen molar-refractivity contribution >= 4 is 56.2 Å². The van der Waals surface area contributed by atoms with E-state index in [0.29, 0.717) is 11.6 Å². The number of hydrogen-bond donors (Lipinski definition) is 1. The molecule has 1 aromatic carbocycles. The number of aromatic nitrogens is 2. The minimum Gasteiger partial charge on any atom is -0.378 e. The summed E-state index contributed by atoms with van der Waals surface area (Å²) in [7, 11) is 0. The predicted octanol–water partition coefficient (Wildman–Crippen LogP) is 5.62. The van der Waals surface area contributed by atoms with Crippen molar-refractivity contribution in [1.29, 1.82) is 0 Å². The molecule has 0 saturated heterocycles. The maximum Gasteiger partial charge on any atom is 0.107 e. The van der Waals surface area contributed by atoms with Crippen LogP contribution in [0.2, 0.25) is 9.36 Å². The van der Waals surface area contributed by atoms with E-state index in [4.69, 9.17) is 23.2 Å². The van der Waals surface area contributed by atoms with E-state index in [9.17, 15) is 0 Å². The maximum atomic E-state index is 6.31. The molecule has 7 heteroatoms. The van der Waals surface area contributed by atoms with Crippen molar-refractivity contribution in [3.05, 3.63) is 61.4 Å². The third-order valence-electron chi connectivity index (χ3n) is 2.87. The van der Waals surface area contributed by atoms with Gasteiger partial charge in [-0.15, -0.1) is 11.3 Å². The maximum absolute atomic E-state index is 6.31. The molecule has 21 heavy (non-hydrogen) atoms. The zero-order valence-corrected chi connectivity index (χ0v) is 14.6. The summed E-state index contributed by atoms with van der Waals surface area (Å²) in [5.41, 5.74) is 1.76. The van der Waals surface area contributed by atoms with Crippen LogP contribution in [0, 0.1) is 0 Å². The molecule has 0 spiro atoms. The molecule has 0 amide bonds. The highest BCUT2D eigenvalue weighted by atomic mass is 79.9. The van der Waals surface area contributed by atoms with Crippen LogP contribution in [0.4, 0.5) is 5.69 Å². The summed E-state index contributed by atoms with van der Waals surface area (Å²) in [6, 6.07) is 9.62. The lowest BCUT2D eigenvalue weighted by Gasteiger charge is -2.13. The number of thiophene rings is 1. The molecule has 0 aliphatic heterocycles. The Balaban J connectivity index is 1.87. The van der Waals surface area contributed by atoms with E-state index in [1.807, 2.05) is 36.5 Å². The van der Waals surface area contributed by atoms with Crippen LogP contribution in [0.5, 0.6) is 0 Å². The van der Waals surface area contributed by atoms with Crippen molar-refractivity contribution in [1.82, 2.24) is 9.78 Å². The summed E-state index contributed by atoms with van der Waals surface area (Å²) in [5, 5.41) is 8.28. The van der Waals surface area contributed by atoms with Gasteiger partial charge in [-0.1, -0.05) is 29.3 Å². The van der Waals surface area contributed by atoms with Crippen molar-refractivity contribution in [2.24, 2.45) is 0 Å². The molecule has 3 rings (SSSR count). The van der Waals surface area contributed by atoms with Crippen LogP contribution < -0.4 is 5.32 Å². The second-order valence-corrected chi connectivity index (χ2v) is 7.27. The Labute approximate surface area is 144 Å². The summed E-state index contributed by atoms with van der Waals surface area (Å²) in [6.45, 7) is 0.671. The molecule has 2 aromatic heterocycles. The molecule has 0 saturated carbocycles. The predicted molar refractivity (Wildman–Crippen MR) is 92.9 cm³/mol. The van der Waals surface area contributed by atoms with E-state index < -0.39 is 0 Å². The molecule has 2 heterocycles. The minimum atomic E-state index is 0.647. The van der Waals surface area contributed by atoms with Gasteiger partial charge in [-0.05, 0) is 40.2 Å². The molecular formula is C14H10BrCl2N3S. The number of hydrogen-bond acceptors (Lipinski definition) is 3. The number of rotatable bonds is 4. The first-order valence-electron chi connectivity index (χ1n) is 6.11. The quantitative estimate of drug-likeness (QED) is 0.614. The Morgan fingerprint density at radius 2 is 2.14 bits per heavy atom. The molecule has 0 unspecified atom stereocenters. The van der Waals surface area contributed by atoms with Gasteiger partial charge in [-0.3, -0.25) is 0 Å². The Kier molecular flexibility index (Phi) is 4.54. The monoisotopic (exact) mass is 401 g/mol. The van der Waals surface area contributed by atoms with Crippen molar-refractivity contribution in [3.8, 4) is 5.69 Å². The number of para-hydroxylation sites is 1. The lowest BCUT2D eigenvalue weighted by Crippen LogP contribution is -2.04. The highest BCUT2D eigenvalue weighted by molar-refractivity contribution is 9.10. The number of halogens is 3. The van der Waals surface area contributed by atoms with Crippen LogP contribution in [0.3, 0.4) is 0 Å². The number of nitrogens with zero attached hydrogens (tertiary/aromatic N) is 2. The van der Waals surface area contributed by atoms with Gasteiger partial charge in [0, 0.05) is 28.3 Å². The van der Waals surface area contributed by atoms with Gasteiger partial charge in [-0.2, -0.15) is 5.10 Å². The zero-order chi connectivity index (χ0) is 14.8. The summed E-state index contributed by atoms with van der Waals surface area (Å²) in [4.78, 5) is 1.14. The van der Waals surface area contributed by atoms with Crippen molar-refractivity contribution in [2.45, 2.75) is 6.54 Å². The average molecular weight is 403 g/mol. The molecule has 0 fully saturated rings. The van der Waals surface area contributed by atoms with E-state index in [1.54, 1.807) is 22.2 Å². The summed E-state index contributed by atoms with van der Waals surface area (Å²) >= 11 is 17.3. The third kappa shape index (κ3) is 3.26. The van der Waals surface area contributed by atoms with Gasteiger partial charge < -0.3 is 5.32 Å². The van der Waals surface area contributed by atoms with E-state index >= 15 is 0 Å². The second-order valence-electron chi connectivity index (χ2n) is 4.27. The first-order chi connectivity index (χ1) is 10.1. The van der Waals surface area contributed by atoms with Crippen LogP contribution in [0.15, 0.2) is 47.2 Å². The highest BCUT2D eigenvalue weighted by Crippen LogP contribution is 2.33. The molecule has 3 nitrogen and oxygen atoms in total. The molecule has 0 aliphatic carbocycles. The molecule has 0 aliphatic rings. The molecule has 3 aromatic rings. The van der Waals surface area contributed by atoms with Gasteiger partial charge in [0.2, 0.25) is 0 Å². The van der Waals surface area contributed by atoms with E-state index in [1.165, 1.54) is 0 Å². The number of benzene rings is 1. The minimum absolute atomic E-state index is 0.647. The number of nitrogens with one attached hydrogen (secondary N) is 1. The van der Waals surface area contributed by atoms with Crippen molar-refractivity contribution in [2.75, 3.05) is 5.32 Å². The van der Waals surface area contributed by atoms with Gasteiger partial charge in [0.25, 0.3) is 0 Å². The molecule has 0 radical (unpaired) electrons. The fourth-order valence-corrected chi connectivity index (χ4v) is 3.94. The van der Waals surface area contributed by atoms with Crippen LogP contribution in [0.25, 0.3) is 5.69 Å². The fourth-order valence-electron chi connectivity index (χ4n) is 1.95. The topological polar surface area (TPSA) is 29.9 Å². The second kappa shape index (κ2) is 6.40. The highest BCUT2D eigenvalue weighted by Gasteiger charge is 2.10. The molecular weight excluding hydrogens is 393 g/mol. The van der Waals surface area contributed by atoms with Crippen LogP contribution in [-0.4, -0.2) is 9.78 Å². The first kappa shape index (κ1) is 14.9. The first-order valence-corrected chi connectivity index (χ1v) is 8.48. The smallest absolute Gasteiger partial charge is 0.107 e. The average Bonchev–Trinajstić information content (AvgIpc) is 3.07. The Morgan fingerprint density at radius 3 is 2.81 bits per heavy atom.